The molecule has 0 aliphatic carbocycles. The number of rotatable bonds is 6. The molecule has 0 N–H and O–H groups in total. The highest BCUT2D eigenvalue weighted by molar-refractivity contribution is 7.53. The van der Waals surface area contributed by atoms with Gasteiger partial charge in [0.2, 0.25) is 0 Å². The zero-order valence-corrected chi connectivity index (χ0v) is 10.2. The molecule has 0 saturated carbocycles. The summed E-state index contributed by atoms with van der Waals surface area (Å²) >= 11 is 0. The van der Waals surface area contributed by atoms with E-state index in [0.717, 1.165) is 6.42 Å². The Labute approximate surface area is 90.6 Å². The molecule has 1 fully saturated rings. The molecule has 0 bridgehead atoms. The molecule has 0 atom stereocenters. The van der Waals surface area contributed by atoms with E-state index in [2.05, 4.69) is 0 Å². The van der Waals surface area contributed by atoms with E-state index in [1.54, 1.807) is 13.8 Å². The molecule has 0 radical (unpaired) electrons. The molecule has 1 rings (SSSR count). The van der Waals surface area contributed by atoms with Crippen molar-refractivity contribution in [1.29, 1.82) is 0 Å². The first-order chi connectivity index (χ1) is 7.20. The highest BCUT2D eigenvalue weighted by Crippen LogP contribution is 2.49. The summed E-state index contributed by atoms with van der Waals surface area (Å²) in [7, 11) is -3.04. The summed E-state index contributed by atoms with van der Waals surface area (Å²) in [5.74, 6) is 0. The van der Waals surface area contributed by atoms with Crippen LogP contribution in [0.5, 0.6) is 0 Å². The SMILES string of the molecule is CCOP(=O)(CC1OCCCO1)OCC. The minimum Gasteiger partial charge on any atom is -0.352 e. The summed E-state index contributed by atoms with van der Waals surface area (Å²) in [5.41, 5.74) is 0. The highest BCUT2D eigenvalue weighted by Gasteiger charge is 2.30. The maximum Gasteiger partial charge on any atom is 0.335 e. The third-order valence-electron chi connectivity index (χ3n) is 1.92. The van der Waals surface area contributed by atoms with Gasteiger partial charge in [-0.1, -0.05) is 0 Å². The van der Waals surface area contributed by atoms with Crippen molar-refractivity contribution in [2.24, 2.45) is 0 Å². The molecule has 0 aromatic carbocycles. The molecule has 1 aliphatic heterocycles. The van der Waals surface area contributed by atoms with E-state index in [1.165, 1.54) is 0 Å². The summed E-state index contributed by atoms with van der Waals surface area (Å²) in [6, 6.07) is 0. The summed E-state index contributed by atoms with van der Waals surface area (Å²) in [5, 5.41) is 0. The van der Waals surface area contributed by atoms with Gasteiger partial charge in [-0.05, 0) is 20.3 Å². The number of hydrogen-bond acceptors (Lipinski definition) is 5. The van der Waals surface area contributed by atoms with Gasteiger partial charge in [0, 0.05) is 0 Å². The third-order valence-corrected chi connectivity index (χ3v) is 3.97. The van der Waals surface area contributed by atoms with E-state index in [4.69, 9.17) is 18.5 Å². The van der Waals surface area contributed by atoms with Crippen molar-refractivity contribution in [2.75, 3.05) is 32.6 Å². The van der Waals surface area contributed by atoms with Crippen LogP contribution in [0.3, 0.4) is 0 Å². The molecule has 0 amide bonds. The second kappa shape index (κ2) is 6.61. The summed E-state index contributed by atoms with van der Waals surface area (Å²) in [6.45, 7) is 5.59. The summed E-state index contributed by atoms with van der Waals surface area (Å²) in [6.07, 6.45) is 0.598. The van der Waals surface area contributed by atoms with Crippen molar-refractivity contribution in [3.8, 4) is 0 Å². The second-order valence-corrected chi connectivity index (χ2v) is 5.26. The number of hydrogen-bond donors (Lipinski definition) is 0. The van der Waals surface area contributed by atoms with E-state index in [-0.39, 0.29) is 6.16 Å². The molecule has 0 aromatic heterocycles. The first-order valence-corrected chi connectivity index (χ1v) is 7.04. The lowest BCUT2D eigenvalue weighted by molar-refractivity contribution is -0.166. The Balaban J connectivity index is 2.45. The van der Waals surface area contributed by atoms with Crippen LogP contribution < -0.4 is 0 Å². The Morgan fingerprint density at radius 2 is 1.73 bits per heavy atom. The minimum absolute atomic E-state index is 0.175. The Hall–Kier alpha value is 0.0700. The predicted molar refractivity (Wildman–Crippen MR) is 56.0 cm³/mol. The standard InChI is InChI=1S/C9H19O5P/c1-3-13-15(10,14-4-2)8-9-11-6-5-7-12-9/h9H,3-8H2,1-2H3. The van der Waals surface area contributed by atoms with E-state index in [9.17, 15) is 4.57 Å². The first-order valence-electron chi connectivity index (χ1n) is 5.31. The van der Waals surface area contributed by atoms with E-state index < -0.39 is 13.9 Å². The Bertz CT molecular complexity index is 205. The molecule has 0 spiro atoms. The molecule has 1 saturated heterocycles. The summed E-state index contributed by atoms with van der Waals surface area (Å²) < 4.78 is 33.0. The van der Waals surface area contributed by atoms with Crippen molar-refractivity contribution in [3.05, 3.63) is 0 Å². The predicted octanol–water partition coefficient (Wildman–Crippen LogP) is 2.02. The quantitative estimate of drug-likeness (QED) is 0.662. The van der Waals surface area contributed by atoms with Gasteiger partial charge in [0.1, 0.15) is 6.16 Å². The van der Waals surface area contributed by atoms with Crippen LogP contribution in [-0.4, -0.2) is 38.9 Å². The molecule has 1 aliphatic rings. The molecular formula is C9H19O5P. The molecule has 0 aromatic rings. The highest BCUT2D eigenvalue weighted by atomic mass is 31.2. The van der Waals surface area contributed by atoms with Crippen LogP contribution in [0.1, 0.15) is 20.3 Å². The average molecular weight is 238 g/mol. The van der Waals surface area contributed by atoms with Gasteiger partial charge in [-0.15, -0.1) is 0 Å². The Morgan fingerprint density at radius 1 is 1.20 bits per heavy atom. The molecule has 0 unspecified atom stereocenters. The smallest absolute Gasteiger partial charge is 0.335 e. The van der Waals surface area contributed by atoms with Crippen molar-refractivity contribution >= 4 is 7.60 Å². The molecule has 15 heavy (non-hydrogen) atoms. The van der Waals surface area contributed by atoms with Gasteiger partial charge in [-0.25, -0.2) is 0 Å². The van der Waals surface area contributed by atoms with Crippen LogP contribution in [0.4, 0.5) is 0 Å². The fourth-order valence-electron chi connectivity index (χ4n) is 1.36. The van der Waals surface area contributed by atoms with Gasteiger partial charge >= 0.3 is 7.60 Å². The van der Waals surface area contributed by atoms with Gasteiger partial charge in [0.05, 0.1) is 26.4 Å². The van der Waals surface area contributed by atoms with E-state index in [0.29, 0.717) is 26.4 Å². The van der Waals surface area contributed by atoms with Crippen LogP contribution in [0.15, 0.2) is 0 Å². The molecule has 90 valence electrons. The van der Waals surface area contributed by atoms with E-state index >= 15 is 0 Å². The third kappa shape index (κ3) is 4.62. The first kappa shape index (κ1) is 13.1. The number of ether oxygens (including phenoxy) is 2. The van der Waals surface area contributed by atoms with Gasteiger partial charge in [-0.2, -0.15) is 0 Å². The van der Waals surface area contributed by atoms with Gasteiger partial charge in [-0.3, -0.25) is 4.57 Å². The lowest BCUT2D eigenvalue weighted by Crippen LogP contribution is -2.28. The monoisotopic (exact) mass is 238 g/mol. The van der Waals surface area contributed by atoms with Gasteiger partial charge in [0.25, 0.3) is 0 Å². The average Bonchev–Trinajstić information content (AvgIpc) is 2.19. The largest absolute Gasteiger partial charge is 0.352 e. The van der Waals surface area contributed by atoms with Crippen LogP contribution >= 0.6 is 7.60 Å². The van der Waals surface area contributed by atoms with Gasteiger partial charge in [0.15, 0.2) is 6.29 Å². The van der Waals surface area contributed by atoms with Crippen molar-refractivity contribution in [2.45, 2.75) is 26.6 Å². The molecule has 6 heteroatoms. The van der Waals surface area contributed by atoms with Crippen LogP contribution in [0.2, 0.25) is 0 Å². The van der Waals surface area contributed by atoms with Crippen LogP contribution in [-0.2, 0) is 23.1 Å². The van der Waals surface area contributed by atoms with E-state index in [1.807, 2.05) is 0 Å². The van der Waals surface area contributed by atoms with Crippen LogP contribution in [0, 0.1) is 0 Å². The maximum atomic E-state index is 12.1. The Morgan fingerprint density at radius 3 is 2.20 bits per heavy atom. The molecular weight excluding hydrogens is 219 g/mol. The van der Waals surface area contributed by atoms with Gasteiger partial charge < -0.3 is 18.5 Å². The minimum atomic E-state index is -3.04. The van der Waals surface area contributed by atoms with Crippen LogP contribution in [0.25, 0.3) is 0 Å². The second-order valence-electron chi connectivity index (χ2n) is 3.15. The fraction of sp³-hybridized carbons (Fsp3) is 1.00. The zero-order valence-electron chi connectivity index (χ0n) is 9.31. The molecule has 5 nitrogen and oxygen atoms in total. The summed E-state index contributed by atoms with van der Waals surface area (Å²) in [4.78, 5) is 0. The zero-order chi connectivity index (χ0) is 11.1. The fourth-order valence-corrected chi connectivity index (χ4v) is 3.01. The lowest BCUT2D eigenvalue weighted by Gasteiger charge is -2.26. The normalized spacial score (nSPS) is 19.3. The van der Waals surface area contributed by atoms with Crippen molar-refractivity contribution in [3.63, 3.8) is 0 Å². The van der Waals surface area contributed by atoms with Crippen molar-refractivity contribution < 1.29 is 23.1 Å². The Kier molecular flexibility index (Phi) is 5.79. The topological polar surface area (TPSA) is 54.0 Å². The van der Waals surface area contributed by atoms with Crippen molar-refractivity contribution in [1.82, 2.24) is 0 Å². The molecule has 1 heterocycles. The maximum absolute atomic E-state index is 12.1. The lowest BCUT2D eigenvalue weighted by atomic mass is 10.4.